The zero-order valence-electron chi connectivity index (χ0n) is 11.3. The van der Waals surface area contributed by atoms with Crippen LogP contribution in [0.4, 0.5) is 0 Å². The molecule has 2 aromatic rings. The van der Waals surface area contributed by atoms with E-state index in [9.17, 15) is 0 Å². The molecule has 0 radical (unpaired) electrons. The van der Waals surface area contributed by atoms with Crippen molar-refractivity contribution in [3.05, 3.63) is 65.0 Å². The summed E-state index contributed by atoms with van der Waals surface area (Å²) in [6, 6.07) is 11.8. The van der Waals surface area contributed by atoms with Crippen molar-refractivity contribution in [3.8, 4) is 5.75 Å². The van der Waals surface area contributed by atoms with Crippen LogP contribution in [0.3, 0.4) is 0 Å². The summed E-state index contributed by atoms with van der Waals surface area (Å²) in [4.78, 5) is 4.12. The molecule has 1 aromatic carbocycles. The Labute approximate surface area is 123 Å². The van der Waals surface area contributed by atoms with Crippen LogP contribution in [0.5, 0.6) is 5.75 Å². The first-order valence-corrected chi connectivity index (χ1v) is 6.65. The van der Waals surface area contributed by atoms with Crippen molar-refractivity contribution < 1.29 is 9.47 Å². The Kier molecular flexibility index (Phi) is 5.59. The lowest BCUT2D eigenvalue weighted by Crippen LogP contribution is -1.97. The topological polar surface area (TPSA) is 31.4 Å². The van der Waals surface area contributed by atoms with Crippen LogP contribution >= 0.6 is 11.6 Å². The summed E-state index contributed by atoms with van der Waals surface area (Å²) < 4.78 is 10.7. The Balaban J connectivity index is 2.05. The molecule has 1 aromatic heterocycles. The third-order valence-corrected chi connectivity index (χ3v) is 2.92. The van der Waals surface area contributed by atoms with Gasteiger partial charge in [0.2, 0.25) is 0 Å². The van der Waals surface area contributed by atoms with Crippen LogP contribution in [0.25, 0.3) is 6.08 Å². The molecule has 0 saturated heterocycles. The molecule has 0 aliphatic rings. The number of aromatic nitrogens is 1. The van der Waals surface area contributed by atoms with E-state index in [4.69, 9.17) is 21.1 Å². The standard InChI is InChI=1S/C16H16ClNO2/c1-19-9-5-8-14-10-15(16(17)18-11-14)20-12-13-6-3-2-4-7-13/h2-8,10-11H,9,12H2,1H3/b8-5+. The molecule has 0 fully saturated rings. The van der Waals surface area contributed by atoms with Crippen LogP contribution in [0, 0.1) is 0 Å². The lowest BCUT2D eigenvalue weighted by atomic mass is 10.2. The Morgan fingerprint density at radius 2 is 2.05 bits per heavy atom. The van der Waals surface area contributed by atoms with Crippen molar-refractivity contribution in [2.75, 3.05) is 13.7 Å². The molecule has 0 bridgehead atoms. The molecule has 3 nitrogen and oxygen atoms in total. The number of halogens is 1. The Hall–Kier alpha value is -1.84. The van der Waals surface area contributed by atoms with Crippen LogP contribution < -0.4 is 4.74 Å². The van der Waals surface area contributed by atoms with Crippen molar-refractivity contribution >= 4 is 17.7 Å². The molecule has 0 unspecified atom stereocenters. The monoisotopic (exact) mass is 289 g/mol. The predicted octanol–water partition coefficient (Wildman–Crippen LogP) is 3.97. The maximum atomic E-state index is 6.04. The number of hydrogen-bond acceptors (Lipinski definition) is 3. The van der Waals surface area contributed by atoms with E-state index >= 15 is 0 Å². The molecule has 4 heteroatoms. The van der Waals surface area contributed by atoms with E-state index in [1.54, 1.807) is 13.3 Å². The van der Waals surface area contributed by atoms with Gasteiger partial charge in [0, 0.05) is 13.3 Å². The van der Waals surface area contributed by atoms with Gasteiger partial charge in [-0.1, -0.05) is 54.1 Å². The molecular weight excluding hydrogens is 274 g/mol. The van der Waals surface area contributed by atoms with E-state index in [0.717, 1.165) is 11.1 Å². The molecule has 1 heterocycles. The second-order valence-corrected chi connectivity index (χ2v) is 4.55. The van der Waals surface area contributed by atoms with Gasteiger partial charge in [0.05, 0.1) is 6.61 Å². The molecule has 0 saturated carbocycles. The van der Waals surface area contributed by atoms with Crippen LogP contribution in [0.2, 0.25) is 5.15 Å². The van der Waals surface area contributed by atoms with E-state index in [1.807, 2.05) is 48.6 Å². The number of methoxy groups -OCH3 is 1. The first kappa shape index (κ1) is 14.6. The first-order valence-electron chi connectivity index (χ1n) is 6.27. The number of rotatable bonds is 6. The van der Waals surface area contributed by atoms with E-state index in [2.05, 4.69) is 4.98 Å². The number of ether oxygens (including phenoxy) is 2. The zero-order valence-corrected chi connectivity index (χ0v) is 12.0. The predicted molar refractivity (Wildman–Crippen MR) is 80.9 cm³/mol. The molecule has 0 aliphatic heterocycles. The molecule has 0 amide bonds. The zero-order chi connectivity index (χ0) is 14.2. The van der Waals surface area contributed by atoms with Gasteiger partial charge in [-0.2, -0.15) is 0 Å². The van der Waals surface area contributed by atoms with E-state index < -0.39 is 0 Å². The summed E-state index contributed by atoms with van der Waals surface area (Å²) in [6.45, 7) is 1.02. The molecule has 104 valence electrons. The number of nitrogens with zero attached hydrogens (tertiary/aromatic N) is 1. The summed E-state index contributed by atoms with van der Waals surface area (Å²) in [5, 5.41) is 0.366. The van der Waals surface area contributed by atoms with Crippen LogP contribution in [0.15, 0.2) is 48.7 Å². The van der Waals surface area contributed by atoms with E-state index in [0.29, 0.717) is 24.1 Å². The van der Waals surface area contributed by atoms with Crippen LogP contribution in [0.1, 0.15) is 11.1 Å². The van der Waals surface area contributed by atoms with Gasteiger partial charge in [0.15, 0.2) is 10.9 Å². The average molecular weight is 290 g/mol. The number of benzene rings is 1. The molecule has 2 rings (SSSR count). The molecule has 0 N–H and O–H groups in total. The Morgan fingerprint density at radius 1 is 1.25 bits per heavy atom. The fourth-order valence-electron chi connectivity index (χ4n) is 1.65. The number of hydrogen-bond donors (Lipinski definition) is 0. The summed E-state index contributed by atoms with van der Waals surface area (Å²) in [5.41, 5.74) is 2.01. The Morgan fingerprint density at radius 3 is 2.80 bits per heavy atom. The van der Waals surface area contributed by atoms with Crippen LogP contribution in [-0.4, -0.2) is 18.7 Å². The minimum Gasteiger partial charge on any atom is -0.486 e. The van der Waals surface area contributed by atoms with Crippen molar-refractivity contribution in [1.82, 2.24) is 4.98 Å². The third kappa shape index (κ3) is 4.37. The van der Waals surface area contributed by atoms with Gasteiger partial charge in [-0.15, -0.1) is 0 Å². The second kappa shape index (κ2) is 7.68. The van der Waals surface area contributed by atoms with Gasteiger partial charge >= 0.3 is 0 Å². The molecule has 20 heavy (non-hydrogen) atoms. The van der Waals surface area contributed by atoms with Crippen molar-refractivity contribution in [2.45, 2.75) is 6.61 Å². The lowest BCUT2D eigenvalue weighted by molar-refractivity contribution is 0.234. The summed E-state index contributed by atoms with van der Waals surface area (Å²) in [6.07, 6.45) is 5.53. The smallest absolute Gasteiger partial charge is 0.171 e. The molecule has 0 atom stereocenters. The maximum Gasteiger partial charge on any atom is 0.171 e. The SMILES string of the molecule is COC/C=C/c1cnc(Cl)c(OCc2ccccc2)c1. The fraction of sp³-hybridized carbons (Fsp3) is 0.188. The second-order valence-electron chi connectivity index (χ2n) is 4.19. The van der Waals surface area contributed by atoms with E-state index in [-0.39, 0.29) is 0 Å². The van der Waals surface area contributed by atoms with Crippen molar-refractivity contribution in [1.29, 1.82) is 0 Å². The minimum atomic E-state index is 0.366. The lowest BCUT2D eigenvalue weighted by Gasteiger charge is -2.08. The third-order valence-electron chi connectivity index (χ3n) is 2.64. The van der Waals surface area contributed by atoms with Gasteiger partial charge in [-0.25, -0.2) is 4.98 Å². The highest BCUT2D eigenvalue weighted by Gasteiger charge is 2.04. The molecule has 0 spiro atoms. The van der Waals surface area contributed by atoms with Gasteiger partial charge < -0.3 is 9.47 Å². The van der Waals surface area contributed by atoms with Crippen molar-refractivity contribution in [3.63, 3.8) is 0 Å². The quantitative estimate of drug-likeness (QED) is 0.754. The molecule has 0 aliphatic carbocycles. The normalized spacial score (nSPS) is 10.9. The van der Waals surface area contributed by atoms with Crippen molar-refractivity contribution in [2.24, 2.45) is 0 Å². The van der Waals surface area contributed by atoms with E-state index in [1.165, 1.54) is 0 Å². The highest BCUT2D eigenvalue weighted by molar-refractivity contribution is 6.30. The number of pyridine rings is 1. The first-order chi connectivity index (χ1) is 9.79. The summed E-state index contributed by atoms with van der Waals surface area (Å²) >= 11 is 6.04. The minimum absolute atomic E-state index is 0.366. The highest BCUT2D eigenvalue weighted by atomic mass is 35.5. The average Bonchev–Trinajstić information content (AvgIpc) is 2.49. The fourth-order valence-corrected chi connectivity index (χ4v) is 1.81. The summed E-state index contributed by atoms with van der Waals surface area (Å²) in [5.74, 6) is 0.579. The largest absolute Gasteiger partial charge is 0.486 e. The molecular formula is C16H16ClNO2. The van der Waals surface area contributed by atoms with Gasteiger partial charge in [0.25, 0.3) is 0 Å². The van der Waals surface area contributed by atoms with Gasteiger partial charge in [-0.05, 0) is 17.2 Å². The Bertz CT molecular complexity index is 570. The van der Waals surface area contributed by atoms with Crippen LogP contribution in [-0.2, 0) is 11.3 Å². The highest BCUT2D eigenvalue weighted by Crippen LogP contribution is 2.24. The maximum absolute atomic E-state index is 6.04. The van der Waals surface area contributed by atoms with Gasteiger partial charge in [0.1, 0.15) is 6.61 Å². The van der Waals surface area contributed by atoms with Gasteiger partial charge in [-0.3, -0.25) is 0 Å². The summed E-state index contributed by atoms with van der Waals surface area (Å²) in [7, 11) is 1.65.